The van der Waals surface area contributed by atoms with E-state index in [0.717, 1.165) is 12.5 Å². The van der Waals surface area contributed by atoms with E-state index < -0.39 is 0 Å². The fourth-order valence-electron chi connectivity index (χ4n) is 1.89. The Morgan fingerprint density at radius 2 is 2.00 bits per heavy atom. The molecule has 1 atom stereocenters. The molecule has 12 heavy (non-hydrogen) atoms. The van der Waals surface area contributed by atoms with E-state index in [0.29, 0.717) is 6.04 Å². The van der Waals surface area contributed by atoms with E-state index in [4.69, 9.17) is 0 Å². The fourth-order valence-corrected chi connectivity index (χ4v) is 1.89. The molecule has 0 aliphatic carbocycles. The maximum Gasteiger partial charge on any atom is 0.0192 e. The molecule has 2 heteroatoms. The summed E-state index contributed by atoms with van der Waals surface area (Å²) in [5, 5.41) is 3.23. The predicted octanol–water partition coefficient (Wildman–Crippen LogP) is 1.33. The van der Waals surface area contributed by atoms with Crippen molar-refractivity contribution in [2.24, 2.45) is 5.92 Å². The summed E-state index contributed by atoms with van der Waals surface area (Å²) >= 11 is 0. The Bertz CT molecular complexity index is 117. The van der Waals surface area contributed by atoms with E-state index in [9.17, 15) is 0 Å². The van der Waals surface area contributed by atoms with Crippen LogP contribution in [0.5, 0.6) is 0 Å². The highest BCUT2D eigenvalue weighted by Gasteiger charge is 2.19. The van der Waals surface area contributed by atoms with Crippen molar-refractivity contribution in [2.45, 2.75) is 32.7 Å². The van der Waals surface area contributed by atoms with Crippen molar-refractivity contribution in [3.8, 4) is 0 Å². The number of hydrogen-bond donors (Lipinski definition) is 1. The molecule has 0 saturated carbocycles. The molecule has 72 valence electrons. The molecular weight excluding hydrogens is 148 g/mol. The van der Waals surface area contributed by atoms with Gasteiger partial charge in [-0.15, -0.1) is 0 Å². The molecule has 1 unspecified atom stereocenters. The van der Waals surface area contributed by atoms with Gasteiger partial charge in [0.15, 0.2) is 0 Å². The molecule has 1 aliphatic rings. The summed E-state index contributed by atoms with van der Waals surface area (Å²) in [5.41, 5.74) is 0. The maximum atomic E-state index is 3.23. The van der Waals surface area contributed by atoms with Crippen LogP contribution in [0.25, 0.3) is 0 Å². The maximum absolute atomic E-state index is 3.23. The highest BCUT2D eigenvalue weighted by Crippen LogP contribution is 2.17. The third-order valence-electron chi connectivity index (χ3n) is 2.94. The minimum Gasteiger partial charge on any atom is -0.318 e. The van der Waals surface area contributed by atoms with Gasteiger partial charge in [0.2, 0.25) is 0 Å². The molecule has 0 spiro atoms. The van der Waals surface area contributed by atoms with Gasteiger partial charge in [0, 0.05) is 12.6 Å². The molecule has 1 saturated heterocycles. The van der Waals surface area contributed by atoms with Crippen molar-refractivity contribution in [1.29, 1.82) is 0 Å². The average Bonchev–Trinajstić information content (AvgIpc) is 2.06. The normalized spacial score (nSPS) is 24.2. The summed E-state index contributed by atoms with van der Waals surface area (Å²) in [7, 11) is 2.03. The Morgan fingerprint density at radius 1 is 1.42 bits per heavy atom. The van der Waals surface area contributed by atoms with Crippen molar-refractivity contribution in [3.05, 3.63) is 0 Å². The molecule has 0 radical (unpaired) electrons. The highest BCUT2D eigenvalue weighted by molar-refractivity contribution is 4.75. The summed E-state index contributed by atoms with van der Waals surface area (Å²) in [6.07, 6.45) is 2.77. The Labute approximate surface area is 76.3 Å². The van der Waals surface area contributed by atoms with E-state index in [1.165, 1.54) is 25.9 Å². The van der Waals surface area contributed by atoms with Crippen LogP contribution in [0.4, 0.5) is 0 Å². The molecule has 2 nitrogen and oxygen atoms in total. The molecular formula is C10H22N2. The largest absolute Gasteiger partial charge is 0.318 e. The van der Waals surface area contributed by atoms with Gasteiger partial charge in [0.25, 0.3) is 0 Å². The number of hydrogen-bond acceptors (Lipinski definition) is 2. The van der Waals surface area contributed by atoms with Crippen molar-refractivity contribution in [2.75, 3.05) is 26.7 Å². The van der Waals surface area contributed by atoms with E-state index in [-0.39, 0.29) is 0 Å². The minimum absolute atomic E-state index is 0.711. The van der Waals surface area contributed by atoms with Crippen LogP contribution in [0.2, 0.25) is 0 Å². The molecule has 0 aromatic rings. The Morgan fingerprint density at radius 3 is 2.50 bits per heavy atom. The standard InChI is InChI=1S/C10H22N2/c1-9-4-6-12(7-5-9)10(2)8-11-3/h9-11H,4-8H2,1-3H3. The SMILES string of the molecule is CNCC(C)N1CCC(C)CC1. The van der Waals surface area contributed by atoms with Gasteiger partial charge in [-0.05, 0) is 45.8 Å². The molecule has 1 aliphatic heterocycles. The molecule has 0 amide bonds. The Balaban J connectivity index is 2.24. The second-order valence-corrected chi connectivity index (χ2v) is 4.13. The van der Waals surface area contributed by atoms with Crippen LogP contribution < -0.4 is 5.32 Å². The van der Waals surface area contributed by atoms with Crippen molar-refractivity contribution in [3.63, 3.8) is 0 Å². The zero-order chi connectivity index (χ0) is 8.97. The first-order valence-electron chi connectivity index (χ1n) is 5.12. The van der Waals surface area contributed by atoms with E-state index in [2.05, 4.69) is 24.1 Å². The summed E-state index contributed by atoms with van der Waals surface area (Å²) < 4.78 is 0. The van der Waals surface area contributed by atoms with E-state index in [1.807, 2.05) is 7.05 Å². The summed E-state index contributed by atoms with van der Waals surface area (Å²) in [6, 6.07) is 0.711. The summed E-state index contributed by atoms with van der Waals surface area (Å²) in [5.74, 6) is 0.947. The van der Waals surface area contributed by atoms with Crippen LogP contribution in [0, 0.1) is 5.92 Å². The number of nitrogens with zero attached hydrogens (tertiary/aromatic N) is 1. The van der Waals surface area contributed by atoms with Gasteiger partial charge in [-0.2, -0.15) is 0 Å². The first kappa shape index (κ1) is 10.0. The summed E-state index contributed by atoms with van der Waals surface area (Å²) in [4.78, 5) is 2.59. The van der Waals surface area contributed by atoms with Gasteiger partial charge < -0.3 is 5.32 Å². The van der Waals surface area contributed by atoms with Gasteiger partial charge in [0.05, 0.1) is 0 Å². The molecule has 1 heterocycles. The van der Waals surface area contributed by atoms with Gasteiger partial charge in [-0.1, -0.05) is 6.92 Å². The zero-order valence-corrected chi connectivity index (χ0v) is 8.64. The number of likely N-dealkylation sites (N-methyl/N-ethyl adjacent to an activating group) is 1. The number of piperidine rings is 1. The lowest BCUT2D eigenvalue weighted by Gasteiger charge is -2.34. The topological polar surface area (TPSA) is 15.3 Å². The first-order valence-corrected chi connectivity index (χ1v) is 5.12. The number of nitrogens with one attached hydrogen (secondary N) is 1. The fraction of sp³-hybridized carbons (Fsp3) is 1.00. The van der Waals surface area contributed by atoms with Crippen LogP contribution in [0.3, 0.4) is 0 Å². The molecule has 0 aromatic carbocycles. The molecule has 0 bridgehead atoms. The monoisotopic (exact) mass is 170 g/mol. The van der Waals surface area contributed by atoms with Gasteiger partial charge in [0.1, 0.15) is 0 Å². The van der Waals surface area contributed by atoms with E-state index >= 15 is 0 Å². The second kappa shape index (κ2) is 4.83. The quantitative estimate of drug-likeness (QED) is 0.687. The highest BCUT2D eigenvalue weighted by atomic mass is 15.2. The van der Waals surface area contributed by atoms with Crippen molar-refractivity contribution < 1.29 is 0 Å². The van der Waals surface area contributed by atoms with Crippen LogP contribution in [-0.2, 0) is 0 Å². The van der Waals surface area contributed by atoms with Crippen molar-refractivity contribution >= 4 is 0 Å². The van der Waals surface area contributed by atoms with Crippen LogP contribution in [0.15, 0.2) is 0 Å². The molecule has 0 aromatic heterocycles. The van der Waals surface area contributed by atoms with Gasteiger partial charge in [-0.25, -0.2) is 0 Å². The lowest BCUT2D eigenvalue weighted by atomic mass is 9.98. The lowest BCUT2D eigenvalue weighted by Crippen LogP contribution is -2.43. The predicted molar refractivity (Wildman–Crippen MR) is 53.4 cm³/mol. The average molecular weight is 170 g/mol. The third-order valence-corrected chi connectivity index (χ3v) is 2.94. The van der Waals surface area contributed by atoms with Gasteiger partial charge >= 0.3 is 0 Å². The zero-order valence-electron chi connectivity index (χ0n) is 8.64. The van der Waals surface area contributed by atoms with E-state index in [1.54, 1.807) is 0 Å². The Kier molecular flexibility index (Phi) is 4.02. The van der Waals surface area contributed by atoms with Crippen LogP contribution in [-0.4, -0.2) is 37.6 Å². The molecule has 1 fully saturated rings. The first-order chi connectivity index (χ1) is 5.74. The second-order valence-electron chi connectivity index (χ2n) is 4.13. The van der Waals surface area contributed by atoms with Gasteiger partial charge in [-0.3, -0.25) is 4.90 Å². The number of likely N-dealkylation sites (tertiary alicyclic amines) is 1. The smallest absolute Gasteiger partial charge is 0.0192 e. The van der Waals surface area contributed by atoms with Crippen molar-refractivity contribution in [1.82, 2.24) is 10.2 Å². The van der Waals surface area contributed by atoms with Crippen LogP contribution in [0.1, 0.15) is 26.7 Å². The molecule has 1 rings (SSSR count). The third kappa shape index (κ3) is 2.76. The van der Waals surface area contributed by atoms with Crippen LogP contribution >= 0.6 is 0 Å². The summed E-state index contributed by atoms with van der Waals surface area (Å²) in [6.45, 7) is 8.38. The lowest BCUT2D eigenvalue weighted by molar-refractivity contribution is 0.146. The Hall–Kier alpha value is -0.0800. The minimum atomic E-state index is 0.711. The molecule has 1 N–H and O–H groups in total. The number of rotatable bonds is 3.